The summed E-state index contributed by atoms with van der Waals surface area (Å²) < 4.78 is 9.42. The average molecular weight is 290 g/mol. The molecule has 0 aromatic carbocycles. The summed E-state index contributed by atoms with van der Waals surface area (Å²) in [7, 11) is 0. The van der Waals surface area contributed by atoms with Gasteiger partial charge >= 0.3 is 23.9 Å². The Hall–Kier alpha value is -2.12. The maximum Gasteiger partial charge on any atom is 0.306 e. The summed E-state index contributed by atoms with van der Waals surface area (Å²) in [5.41, 5.74) is 0. The highest BCUT2D eigenvalue weighted by Crippen LogP contribution is 1.99. The van der Waals surface area contributed by atoms with Crippen molar-refractivity contribution in [2.75, 3.05) is 13.2 Å². The highest BCUT2D eigenvalue weighted by molar-refractivity contribution is 5.77. The Kier molecular flexibility index (Phi) is 9.63. The number of rotatable bonds is 11. The normalized spacial score (nSPS) is 9.80. The van der Waals surface area contributed by atoms with Crippen LogP contribution in [0.15, 0.2) is 0 Å². The van der Waals surface area contributed by atoms with Crippen molar-refractivity contribution in [1.29, 1.82) is 0 Å². The zero-order valence-corrected chi connectivity index (χ0v) is 11.0. The smallest absolute Gasteiger partial charge is 0.306 e. The maximum absolute atomic E-state index is 11.2. The van der Waals surface area contributed by atoms with E-state index in [2.05, 4.69) is 0 Å². The van der Waals surface area contributed by atoms with E-state index in [1.807, 2.05) is 0 Å². The summed E-state index contributed by atoms with van der Waals surface area (Å²) in [5.74, 6) is -3.13. The minimum atomic E-state index is -0.967. The third kappa shape index (κ3) is 12.3. The van der Waals surface area contributed by atoms with Crippen LogP contribution in [0.3, 0.4) is 0 Å². The monoisotopic (exact) mass is 290 g/mol. The fourth-order valence-electron chi connectivity index (χ4n) is 1.17. The first-order chi connectivity index (χ1) is 9.41. The Morgan fingerprint density at radius 2 is 1.00 bits per heavy atom. The maximum atomic E-state index is 11.2. The van der Waals surface area contributed by atoms with Crippen molar-refractivity contribution >= 4 is 23.9 Å². The van der Waals surface area contributed by atoms with Gasteiger partial charge in [0.1, 0.15) is 0 Å². The van der Waals surface area contributed by atoms with E-state index in [1.165, 1.54) is 0 Å². The largest absolute Gasteiger partial charge is 0.481 e. The number of esters is 2. The van der Waals surface area contributed by atoms with Gasteiger partial charge in [0, 0.05) is 12.8 Å². The van der Waals surface area contributed by atoms with Crippen molar-refractivity contribution in [3.8, 4) is 0 Å². The quantitative estimate of drug-likeness (QED) is 0.418. The van der Waals surface area contributed by atoms with Crippen molar-refractivity contribution in [1.82, 2.24) is 0 Å². The number of hydrogen-bond donors (Lipinski definition) is 2. The number of carbonyl (C=O) groups excluding carboxylic acids is 2. The van der Waals surface area contributed by atoms with Crippen LogP contribution in [-0.2, 0) is 28.7 Å². The van der Waals surface area contributed by atoms with Crippen LogP contribution in [0.2, 0.25) is 0 Å². The van der Waals surface area contributed by atoms with Gasteiger partial charge in [-0.05, 0) is 12.8 Å². The molecular weight excluding hydrogens is 272 g/mol. The molecule has 0 aliphatic carbocycles. The van der Waals surface area contributed by atoms with Gasteiger partial charge in [-0.2, -0.15) is 0 Å². The van der Waals surface area contributed by atoms with E-state index in [9.17, 15) is 19.2 Å². The predicted molar refractivity (Wildman–Crippen MR) is 64.9 cm³/mol. The Morgan fingerprint density at radius 3 is 1.30 bits per heavy atom. The van der Waals surface area contributed by atoms with Crippen molar-refractivity contribution in [3.05, 3.63) is 0 Å². The number of aliphatic carboxylic acids is 2. The molecule has 0 bridgehead atoms. The minimum Gasteiger partial charge on any atom is -0.481 e. The summed E-state index contributed by atoms with van der Waals surface area (Å²) in [4.78, 5) is 42.7. The lowest BCUT2D eigenvalue weighted by atomic mass is 10.3. The highest BCUT2D eigenvalue weighted by atomic mass is 16.5. The molecule has 0 amide bonds. The molecule has 0 saturated heterocycles. The highest BCUT2D eigenvalue weighted by Gasteiger charge is 2.09. The van der Waals surface area contributed by atoms with Gasteiger partial charge in [0.05, 0.1) is 26.1 Å². The second kappa shape index (κ2) is 10.8. The molecule has 0 rings (SSSR count). The lowest BCUT2D eigenvalue weighted by molar-refractivity contribution is -0.151. The van der Waals surface area contributed by atoms with E-state index in [4.69, 9.17) is 19.7 Å². The number of hydrogen-bond acceptors (Lipinski definition) is 6. The number of ether oxygens (including phenoxy) is 2. The Labute approximate surface area is 115 Å². The molecule has 8 heteroatoms. The van der Waals surface area contributed by atoms with Gasteiger partial charge < -0.3 is 19.7 Å². The van der Waals surface area contributed by atoms with Crippen LogP contribution >= 0.6 is 0 Å². The van der Waals surface area contributed by atoms with Gasteiger partial charge in [0.15, 0.2) is 0 Å². The molecule has 0 heterocycles. The summed E-state index contributed by atoms with van der Waals surface area (Å²) in [6, 6.07) is 0. The molecule has 0 saturated carbocycles. The van der Waals surface area contributed by atoms with E-state index in [0.717, 1.165) is 0 Å². The van der Waals surface area contributed by atoms with Crippen LogP contribution in [0, 0.1) is 0 Å². The molecule has 0 spiro atoms. The van der Waals surface area contributed by atoms with Gasteiger partial charge in [0.25, 0.3) is 0 Å². The molecule has 8 nitrogen and oxygen atoms in total. The second-order valence-corrected chi connectivity index (χ2v) is 3.94. The van der Waals surface area contributed by atoms with E-state index in [1.54, 1.807) is 0 Å². The van der Waals surface area contributed by atoms with Crippen molar-refractivity contribution < 1.29 is 38.9 Å². The molecule has 0 aliphatic heterocycles. The van der Waals surface area contributed by atoms with Crippen molar-refractivity contribution in [2.24, 2.45) is 0 Å². The predicted octanol–water partition coefficient (Wildman–Crippen LogP) is 0.583. The van der Waals surface area contributed by atoms with Crippen LogP contribution < -0.4 is 0 Å². The molecule has 0 unspecified atom stereocenters. The number of carboxylic acids is 2. The van der Waals surface area contributed by atoms with Crippen molar-refractivity contribution in [3.63, 3.8) is 0 Å². The van der Waals surface area contributed by atoms with Gasteiger partial charge in [-0.25, -0.2) is 0 Å². The van der Waals surface area contributed by atoms with Gasteiger partial charge in [-0.1, -0.05) is 0 Å². The second-order valence-electron chi connectivity index (χ2n) is 3.94. The summed E-state index contributed by atoms with van der Waals surface area (Å²) in [6.07, 6.45) is -0.0190. The van der Waals surface area contributed by atoms with E-state index in [-0.39, 0.29) is 51.7 Å². The number of carboxylic acid groups (broad SMARTS) is 2. The molecular formula is C12H18O8. The van der Waals surface area contributed by atoms with Gasteiger partial charge in [-0.15, -0.1) is 0 Å². The fraction of sp³-hybridized carbons (Fsp3) is 0.667. The van der Waals surface area contributed by atoms with Crippen LogP contribution in [-0.4, -0.2) is 47.3 Å². The van der Waals surface area contributed by atoms with Crippen LogP contribution in [0.25, 0.3) is 0 Å². The zero-order chi connectivity index (χ0) is 15.4. The molecule has 114 valence electrons. The third-order valence-electron chi connectivity index (χ3n) is 2.13. The molecule has 0 aromatic rings. The zero-order valence-electron chi connectivity index (χ0n) is 11.0. The first kappa shape index (κ1) is 17.9. The average Bonchev–Trinajstić information content (AvgIpc) is 2.37. The lowest BCUT2D eigenvalue weighted by Crippen LogP contribution is -2.12. The standard InChI is InChI=1S/C12H18O8/c13-9(14)3-1-7-19-11(17)5-6-12(18)20-8-2-4-10(15)16/h1-8H2,(H,13,14)(H,15,16). The molecule has 0 atom stereocenters. The molecule has 0 fully saturated rings. The fourth-order valence-corrected chi connectivity index (χ4v) is 1.17. The Morgan fingerprint density at radius 1 is 0.650 bits per heavy atom. The van der Waals surface area contributed by atoms with Crippen LogP contribution in [0.4, 0.5) is 0 Å². The van der Waals surface area contributed by atoms with E-state index < -0.39 is 23.9 Å². The lowest BCUT2D eigenvalue weighted by Gasteiger charge is -2.05. The van der Waals surface area contributed by atoms with E-state index in [0.29, 0.717) is 0 Å². The Balaban J connectivity index is 3.50. The van der Waals surface area contributed by atoms with Crippen LogP contribution in [0.5, 0.6) is 0 Å². The van der Waals surface area contributed by atoms with Gasteiger partial charge in [0.2, 0.25) is 0 Å². The molecule has 0 radical (unpaired) electrons. The van der Waals surface area contributed by atoms with Gasteiger partial charge in [-0.3, -0.25) is 19.2 Å². The molecule has 0 aromatic heterocycles. The van der Waals surface area contributed by atoms with Crippen LogP contribution in [0.1, 0.15) is 38.5 Å². The SMILES string of the molecule is O=C(O)CCCOC(=O)CCC(=O)OCCCC(=O)O. The first-order valence-corrected chi connectivity index (χ1v) is 6.16. The third-order valence-corrected chi connectivity index (χ3v) is 2.13. The topological polar surface area (TPSA) is 127 Å². The van der Waals surface area contributed by atoms with E-state index >= 15 is 0 Å². The minimum absolute atomic E-state index is 0.00120. The number of carbonyl (C=O) groups is 4. The molecule has 20 heavy (non-hydrogen) atoms. The van der Waals surface area contributed by atoms with Crippen molar-refractivity contribution in [2.45, 2.75) is 38.5 Å². The molecule has 0 aliphatic rings. The Bertz CT molecular complexity index is 315. The summed E-state index contributed by atoms with van der Waals surface area (Å²) >= 11 is 0. The summed E-state index contributed by atoms with van der Waals surface area (Å²) in [5, 5.41) is 16.7. The summed E-state index contributed by atoms with van der Waals surface area (Å²) in [6.45, 7) is -0.00240. The first-order valence-electron chi connectivity index (χ1n) is 6.16. The molecule has 2 N–H and O–H groups in total.